The van der Waals surface area contributed by atoms with Crippen molar-refractivity contribution in [2.75, 3.05) is 0 Å². The topological polar surface area (TPSA) is 0 Å². The second-order valence-corrected chi connectivity index (χ2v) is 7.18. The molecule has 0 aliphatic rings. The molecular formula is C26H22F2Zr-2. The number of benzene rings is 3. The van der Waals surface area contributed by atoms with E-state index in [1.54, 1.807) is 0 Å². The van der Waals surface area contributed by atoms with Gasteiger partial charge in [0.05, 0.1) is 0 Å². The molecule has 5 aromatic carbocycles. The molecule has 0 radical (unpaired) electrons. The van der Waals surface area contributed by atoms with Crippen LogP contribution in [0.1, 0.15) is 5.56 Å². The van der Waals surface area contributed by atoms with Gasteiger partial charge in [-0.1, -0.05) is 36.4 Å². The zero-order valence-corrected chi connectivity index (χ0v) is 18.5. The monoisotopic (exact) mass is 462 g/mol. The molecule has 5 rings (SSSR count). The molecule has 0 bridgehead atoms. The van der Waals surface area contributed by atoms with E-state index in [0.29, 0.717) is 0 Å². The number of hydrogen-bond acceptors (Lipinski definition) is 0. The third-order valence-corrected chi connectivity index (χ3v) is 4.76. The van der Waals surface area contributed by atoms with Crippen LogP contribution in [-0.2, 0) is 30.7 Å². The summed E-state index contributed by atoms with van der Waals surface area (Å²) in [7, 11) is 0. The molecule has 0 N–H and O–H groups in total. The van der Waals surface area contributed by atoms with Gasteiger partial charge in [-0.2, -0.15) is 18.2 Å². The molecule has 146 valence electrons. The normalized spacial score (nSPS) is 9.17. The molecule has 0 heterocycles. The summed E-state index contributed by atoms with van der Waals surface area (Å²) in [6, 6.07) is 39.8. The Bertz CT molecular complexity index is 996. The summed E-state index contributed by atoms with van der Waals surface area (Å²) in [5.41, 5.74) is 1.41. The van der Waals surface area contributed by atoms with Gasteiger partial charge in [-0.15, -0.1) is 39.7 Å². The maximum Gasteiger partial charge on any atom is -0.0771 e. The van der Waals surface area contributed by atoms with E-state index in [1.807, 2.05) is 36.4 Å². The number of rotatable bonds is 2. The van der Waals surface area contributed by atoms with E-state index in [-0.39, 0.29) is 9.41 Å². The summed E-state index contributed by atoms with van der Waals surface area (Å²) < 4.78 is 2.25. The molecule has 0 fully saturated rings. The average Bonchev–Trinajstić information content (AvgIpc) is 3.41. The van der Waals surface area contributed by atoms with Crippen LogP contribution in [0.15, 0.2) is 115 Å². The van der Waals surface area contributed by atoms with E-state index in [0.717, 1.165) is 6.42 Å². The minimum Gasteiger partial charge on any atom is -0.214 e. The average molecular weight is 464 g/mol. The van der Waals surface area contributed by atoms with Crippen molar-refractivity contribution in [3.8, 4) is 0 Å². The minimum atomic E-state index is 0. The van der Waals surface area contributed by atoms with Crippen molar-refractivity contribution >= 4 is 25.3 Å². The maximum absolute atomic E-state index is 2.25. The summed E-state index contributed by atoms with van der Waals surface area (Å²) in [6.45, 7) is 0. The van der Waals surface area contributed by atoms with Crippen molar-refractivity contribution in [3.63, 3.8) is 0 Å². The predicted octanol–water partition coefficient (Wildman–Crippen LogP) is 0.704. The number of halogens is 2. The first kappa shape index (κ1) is 24.5. The van der Waals surface area contributed by atoms with Crippen molar-refractivity contribution in [3.05, 3.63) is 121 Å². The van der Waals surface area contributed by atoms with Crippen LogP contribution in [0.4, 0.5) is 0 Å². The Kier molecular flexibility index (Phi) is 11.5. The second-order valence-electron chi connectivity index (χ2n) is 6.17. The zero-order valence-electron chi connectivity index (χ0n) is 16.0. The molecule has 0 saturated carbocycles. The number of hydrogen-bond donors (Lipinski definition) is 0. The zero-order chi connectivity index (χ0) is 18.7. The molecule has 0 unspecified atom stereocenters. The fourth-order valence-electron chi connectivity index (χ4n) is 2.96. The Morgan fingerprint density at radius 3 is 1.55 bits per heavy atom. The summed E-state index contributed by atoms with van der Waals surface area (Å²) in [5, 5.41) is 5.39. The molecule has 0 atom stereocenters. The molecule has 29 heavy (non-hydrogen) atoms. The fraction of sp³-hybridized carbons (Fsp3) is 0.0385. The van der Waals surface area contributed by atoms with Crippen molar-refractivity contribution < 1.29 is 33.6 Å². The predicted molar refractivity (Wildman–Crippen MR) is 115 cm³/mol. The van der Waals surface area contributed by atoms with Gasteiger partial charge in [0.2, 0.25) is 0 Å². The SMILES string of the molecule is [F-].[F-].[Zr+2]=[CH]Cc1ccccc1.c1cc[cH-]c1.c1ccc2c(c1)[cH-]c1ccccc12. The van der Waals surface area contributed by atoms with Crippen LogP contribution in [-0.4, -0.2) is 3.71 Å². The van der Waals surface area contributed by atoms with Gasteiger partial charge in [0.25, 0.3) is 0 Å². The van der Waals surface area contributed by atoms with Gasteiger partial charge in [0, 0.05) is 0 Å². The summed E-state index contributed by atoms with van der Waals surface area (Å²) in [5.74, 6) is 0. The Morgan fingerprint density at radius 2 is 1.10 bits per heavy atom. The van der Waals surface area contributed by atoms with Crippen molar-refractivity contribution in [1.82, 2.24) is 0 Å². The first-order valence-corrected chi connectivity index (χ1v) is 10.5. The Labute approximate surface area is 185 Å². The summed E-state index contributed by atoms with van der Waals surface area (Å²) in [4.78, 5) is 0. The molecule has 0 amide bonds. The second kappa shape index (κ2) is 13.6. The van der Waals surface area contributed by atoms with E-state index in [4.69, 9.17) is 0 Å². The van der Waals surface area contributed by atoms with Crippen LogP contribution >= 0.6 is 0 Å². The Morgan fingerprint density at radius 1 is 0.621 bits per heavy atom. The van der Waals surface area contributed by atoms with Crippen LogP contribution in [0, 0.1) is 0 Å². The molecule has 0 aromatic heterocycles. The van der Waals surface area contributed by atoms with Gasteiger partial charge in [-0.3, -0.25) is 0 Å². The van der Waals surface area contributed by atoms with Crippen molar-refractivity contribution in [2.45, 2.75) is 6.42 Å². The van der Waals surface area contributed by atoms with Gasteiger partial charge in [-0.05, 0) is 0 Å². The van der Waals surface area contributed by atoms with E-state index in [1.165, 1.54) is 51.3 Å². The third kappa shape index (κ3) is 7.44. The molecule has 0 aliphatic heterocycles. The van der Waals surface area contributed by atoms with Crippen molar-refractivity contribution in [2.24, 2.45) is 0 Å². The van der Waals surface area contributed by atoms with Crippen LogP contribution in [0.5, 0.6) is 0 Å². The largest absolute Gasteiger partial charge is 0.214 e. The maximum atomic E-state index is 2.25. The Hall–Kier alpha value is -2.51. The molecule has 0 aliphatic carbocycles. The van der Waals surface area contributed by atoms with Crippen LogP contribution in [0.25, 0.3) is 21.5 Å². The van der Waals surface area contributed by atoms with Crippen LogP contribution in [0.3, 0.4) is 0 Å². The first-order valence-electron chi connectivity index (χ1n) is 9.11. The molecule has 0 nitrogen and oxygen atoms in total. The van der Waals surface area contributed by atoms with E-state index < -0.39 is 0 Å². The summed E-state index contributed by atoms with van der Waals surface area (Å²) >= 11 is 1.51. The van der Waals surface area contributed by atoms with Gasteiger partial charge in [0.15, 0.2) is 0 Å². The first-order chi connectivity index (χ1) is 13.4. The van der Waals surface area contributed by atoms with Gasteiger partial charge in [0.1, 0.15) is 0 Å². The van der Waals surface area contributed by atoms with E-state index >= 15 is 0 Å². The standard InChI is InChI=1S/C13H9.C8H8.C5H5.2FH.Zr/c1-3-7-12-10(5-1)9-11-6-2-4-8-13(11)12;1-2-8-6-4-3-5-7-8;1-2-4-5-3-1;;;/h1-9H;1,3-7H,2H2;1-5H;2*1H;/q-1;;-1;;;+2/p-2. The van der Waals surface area contributed by atoms with Gasteiger partial charge in [-0.25, -0.2) is 12.1 Å². The van der Waals surface area contributed by atoms with Gasteiger partial charge >= 0.3 is 70.3 Å². The van der Waals surface area contributed by atoms with Crippen molar-refractivity contribution in [1.29, 1.82) is 0 Å². The smallest absolute Gasteiger partial charge is 0.0771 e. The molecule has 0 spiro atoms. The number of fused-ring (bicyclic) bond motifs is 3. The fourth-order valence-corrected chi connectivity index (χ4v) is 3.54. The van der Waals surface area contributed by atoms with Crippen LogP contribution < -0.4 is 9.41 Å². The molecular weight excluding hydrogens is 442 g/mol. The molecule has 5 aromatic rings. The quantitative estimate of drug-likeness (QED) is 0.338. The van der Waals surface area contributed by atoms with E-state index in [9.17, 15) is 0 Å². The third-order valence-electron chi connectivity index (χ3n) is 4.26. The minimum absolute atomic E-state index is 0. The van der Waals surface area contributed by atoms with Crippen LogP contribution in [0.2, 0.25) is 0 Å². The van der Waals surface area contributed by atoms with E-state index in [2.05, 4.69) is 82.6 Å². The van der Waals surface area contributed by atoms with Gasteiger partial charge < -0.3 is 9.41 Å². The summed E-state index contributed by atoms with van der Waals surface area (Å²) in [6.07, 6.45) is 1.12. The molecule has 3 heteroatoms. The molecule has 0 saturated heterocycles. The Balaban J connectivity index is 0.000000231.